The number of benzene rings is 1. The first-order valence-corrected chi connectivity index (χ1v) is 10.9. The molecule has 0 unspecified atom stereocenters. The molecule has 2 heterocycles. The van der Waals surface area contributed by atoms with Crippen molar-refractivity contribution in [2.24, 2.45) is 7.05 Å². The number of rotatable bonds is 5. The van der Waals surface area contributed by atoms with Gasteiger partial charge in [-0.25, -0.2) is 8.42 Å². The van der Waals surface area contributed by atoms with Gasteiger partial charge in [0.05, 0.1) is 22.2 Å². The maximum atomic E-state index is 12.8. The molecule has 1 aromatic carbocycles. The number of amides is 1. The maximum absolute atomic E-state index is 12.8. The fourth-order valence-corrected chi connectivity index (χ4v) is 5.02. The number of carbonyl (C=O) groups is 1. The maximum Gasteiger partial charge on any atom is 0.243 e. The van der Waals surface area contributed by atoms with Crippen molar-refractivity contribution in [1.82, 2.24) is 19.0 Å². The molecule has 1 amide bonds. The number of nitriles is 1. The van der Waals surface area contributed by atoms with E-state index < -0.39 is 10.0 Å². The normalized spacial score (nSPS) is 15.3. The minimum absolute atomic E-state index is 0.0306. The van der Waals surface area contributed by atoms with Crippen LogP contribution in [0.15, 0.2) is 29.2 Å². The van der Waals surface area contributed by atoms with Gasteiger partial charge in [-0.15, -0.1) is 0 Å². The van der Waals surface area contributed by atoms with Gasteiger partial charge >= 0.3 is 0 Å². The molecule has 0 saturated carbocycles. The van der Waals surface area contributed by atoms with Crippen molar-refractivity contribution in [1.29, 1.82) is 5.26 Å². The first-order valence-electron chi connectivity index (χ1n) is 9.51. The van der Waals surface area contributed by atoms with Crippen molar-refractivity contribution in [3.05, 3.63) is 46.8 Å². The Kier molecular flexibility index (Phi) is 6.05. The van der Waals surface area contributed by atoms with Gasteiger partial charge < -0.3 is 4.90 Å². The summed E-state index contributed by atoms with van der Waals surface area (Å²) in [5, 5.41) is 13.2. The van der Waals surface area contributed by atoms with Crippen LogP contribution in [0.4, 0.5) is 0 Å². The highest BCUT2D eigenvalue weighted by Gasteiger charge is 2.30. The summed E-state index contributed by atoms with van der Waals surface area (Å²) in [6, 6.07) is 7.86. The van der Waals surface area contributed by atoms with Gasteiger partial charge in [-0.2, -0.15) is 14.7 Å². The van der Waals surface area contributed by atoms with E-state index in [9.17, 15) is 13.2 Å². The molecule has 1 saturated heterocycles. The summed E-state index contributed by atoms with van der Waals surface area (Å²) >= 11 is 0. The van der Waals surface area contributed by atoms with Crippen molar-refractivity contribution >= 4 is 15.9 Å². The first kappa shape index (κ1) is 21.0. The Morgan fingerprint density at radius 2 is 1.76 bits per heavy atom. The Morgan fingerprint density at radius 3 is 2.28 bits per heavy atom. The molecule has 1 aromatic heterocycles. The van der Waals surface area contributed by atoms with Gasteiger partial charge in [0.15, 0.2) is 0 Å². The van der Waals surface area contributed by atoms with E-state index in [4.69, 9.17) is 5.26 Å². The molecule has 0 atom stereocenters. The van der Waals surface area contributed by atoms with Crippen LogP contribution in [0.1, 0.15) is 28.9 Å². The second kappa shape index (κ2) is 8.35. The molecule has 0 aliphatic carbocycles. The number of carbonyl (C=O) groups excluding carboxylic acids is 1. The van der Waals surface area contributed by atoms with E-state index in [1.165, 1.54) is 28.6 Å². The summed E-state index contributed by atoms with van der Waals surface area (Å²) in [6.07, 6.45) is 1.02. The number of piperazine rings is 1. The molecular formula is C20H25N5O3S. The van der Waals surface area contributed by atoms with Crippen molar-refractivity contribution in [2.75, 3.05) is 26.2 Å². The zero-order chi connectivity index (χ0) is 21.2. The summed E-state index contributed by atoms with van der Waals surface area (Å²) in [6.45, 7) is 5.21. The molecular weight excluding hydrogens is 390 g/mol. The van der Waals surface area contributed by atoms with Crippen molar-refractivity contribution in [3.8, 4) is 6.07 Å². The lowest BCUT2D eigenvalue weighted by atomic mass is 10.1. The van der Waals surface area contributed by atoms with Crippen molar-refractivity contribution < 1.29 is 13.2 Å². The van der Waals surface area contributed by atoms with E-state index in [1.807, 2.05) is 31.6 Å². The molecule has 29 heavy (non-hydrogen) atoms. The van der Waals surface area contributed by atoms with Gasteiger partial charge in [-0.05, 0) is 50.1 Å². The SMILES string of the molecule is Cc1nn(C)c(C)c1CCC(=O)N1CCN(S(=O)(=O)c2ccc(C#N)cc2)CC1. The summed E-state index contributed by atoms with van der Waals surface area (Å²) in [4.78, 5) is 14.5. The Balaban J connectivity index is 1.58. The van der Waals surface area contributed by atoms with E-state index in [2.05, 4.69) is 5.10 Å². The Morgan fingerprint density at radius 1 is 1.14 bits per heavy atom. The third-order valence-corrected chi connectivity index (χ3v) is 7.37. The van der Waals surface area contributed by atoms with Gasteiger partial charge in [0.2, 0.25) is 15.9 Å². The molecule has 9 heteroatoms. The Hall–Kier alpha value is -2.70. The highest BCUT2D eigenvalue weighted by atomic mass is 32.2. The number of hydrogen-bond donors (Lipinski definition) is 0. The van der Waals surface area contributed by atoms with Crippen LogP contribution < -0.4 is 0 Å². The third kappa shape index (κ3) is 4.33. The molecule has 0 bridgehead atoms. The largest absolute Gasteiger partial charge is 0.340 e. The van der Waals surface area contributed by atoms with Crippen LogP contribution in [0.3, 0.4) is 0 Å². The van der Waals surface area contributed by atoms with Crippen LogP contribution in [0, 0.1) is 25.2 Å². The average Bonchev–Trinajstić information content (AvgIpc) is 2.97. The van der Waals surface area contributed by atoms with E-state index >= 15 is 0 Å². The third-order valence-electron chi connectivity index (χ3n) is 5.46. The number of nitrogens with zero attached hydrogens (tertiary/aromatic N) is 5. The van der Waals surface area contributed by atoms with Gasteiger partial charge in [-0.1, -0.05) is 0 Å². The van der Waals surface area contributed by atoms with Gasteiger partial charge in [0, 0.05) is 45.3 Å². The summed E-state index contributed by atoms with van der Waals surface area (Å²) in [5.41, 5.74) is 3.52. The minimum atomic E-state index is -3.62. The van der Waals surface area contributed by atoms with Gasteiger partial charge in [0.25, 0.3) is 0 Å². The van der Waals surface area contributed by atoms with E-state index in [0.29, 0.717) is 31.5 Å². The van der Waals surface area contributed by atoms with Crippen molar-refractivity contribution in [3.63, 3.8) is 0 Å². The van der Waals surface area contributed by atoms with E-state index in [0.717, 1.165) is 17.0 Å². The lowest BCUT2D eigenvalue weighted by Crippen LogP contribution is -2.50. The lowest BCUT2D eigenvalue weighted by molar-refractivity contribution is -0.132. The molecule has 154 valence electrons. The Labute approximate surface area is 171 Å². The zero-order valence-corrected chi connectivity index (χ0v) is 17.7. The summed E-state index contributed by atoms with van der Waals surface area (Å²) in [7, 11) is -1.73. The second-order valence-corrected chi connectivity index (χ2v) is 9.13. The molecule has 0 spiro atoms. The molecule has 2 aromatic rings. The molecule has 8 nitrogen and oxygen atoms in total. The Bertz CT molecular complexity index is 1040. The monoisotopic (exact) mass is 415 g/mol. The van der Waals surface area contributed by atoms with Crippen LogP contribution >= 0.6 is 0 Å². The standard InChI is InChI=1S/C20H25N5O3S/c1-15-19(16(2)23(3)22-15)8-9-20(26)24-10-12-25(13-11-24)29(27,28)18-6-4-17(14-21)5-7-18/h4-7H,8-13H2,1-3H3. The molecule has 0 radical (unpaired) electrons. The molecule has 0 N–H and O–H groups in total. The fraction of sp³-hybridized carbons (Fsp3) is 0.450. The minimum Gasteiger partial charge on any atom is -0.340 e. The number of aromatic nitrogens is 2. The highest BCUT2D eigenvalue weighted by molar-refractivity contribution is 7.89. The zero-order valence-electron chi connectivity index (χ0n) is 16.9. The predicted molar refractivity (Wildman–Crippen MR) is 107 cm³/mol. The molecule has 3 rings (SSSR count). The van der Waals surface area contributed by atoms with Crippen LogP contribution in [0.25, 0.3) is 0 Å². The van der Waals surface area contributed by atoms with Crippen molar-refractivity contribution in [2.45, 2.75) is 31.6 Å². The summed E-state index contributed by atoms with van der Waals surface area (Å²) < 4.78 is 28.8. The quantitative estimate of drug-likeness (QED) is 0.734. The number of hydrogen-bond acceptors (Lipinski definition) is 5. The number of sulfonamides is 1. The molecule has 1 aliphatic rings. The van der Waals surface area contributed by atoms with Gasteiger partial charge in [0.1, 0.15) is 0 Å². The average molecular weight is 416 g/mol. The van der Waals surface area contributed by atoms with Crippen LogP contribution in [-0.4, -0.2) is 59.5 Å². The van der Waals surface area contributed by atoms with Crippen LogP contribution in [0.5, 0.6) is 0 Å². The first-order chi connectivity index (χ1) is 13.7. The van der Waals surface area contributed by atoms with Crippen LogP contribution in [0.2, 0.25) is 0 Å². The smallest absolute Gasteiger partial charge is 0.243 e. The highest BCUT2D eigenvalue weighted by Crippen LogP contribution is 2.19. The second-order valence-electron chi connectivity index (χ2n) is 7.19. The molecule has 1 aliphatic heterocycles. The lowest BCUT2D eigenvalue weighted by Gasteiger charge is -2.34. The van der Waals surface area contributed by atoms with Crippen LogP contribution in [-0.2, 0) is 28.3 Å². The fourth-order valence-electron chi connectivity index (χ4n) is 3.60. The van der Waals surface area contributed by atoms with E-state index in [-0.39, 0.29) is 23.9 Å². The van der Waals surface area contributed by atoms with E-state index in [1.54, 1.807) is 4.90 Å². The van der Waals surface area contributed by atoms with Gasteiger partial charge in [-0.3, -0.25) is 9.48 Å². The predicted octanol–water partition coefficient (Wildman–Crippen LogP) is 1.37. The summed E-state index contributed by atoms with van der Waals surface area (Å²) in [5.74, 6) is 0.0306. The molecule has 1 fully saturated rings. The topological polar surface area (TPSA) is 99.3 Å². The number of aryl methyl sites for hydroxylation is 2.